The molecule has 0 aromatic heterocycles. The Labute approximate surface area is 192 Å². The number of ketones is 1. The van der Waals surface area contributed by atoms with Gasteiger partial charge in [-0.25, -0.2) is 0 Å². The molecule has 6 nitrogen and oxygen atoms in total. The van der Waals surface area contributed by atoms with Gasteiger partial charge in [-0.3, -0.25) is 24.1 Å². The molecule has 0 unspecified atom stereocenters. The topological polar surface area (TPSA) is 74.8 Å². The third kappa shape index (κ3) is 6.52. The van der Waals surface area contributed by atoms with Gasteiger partial charge in [0, 0.05) is 50.5 Å². The monoisotopic (exact) mass is 444 g/mol. The lowest BCUT2D eigenvalue weighted by Gasteiger charge is -2.46. The molecule has 3 rings (SSSR count). The van der Waals surface area contributed by atoms with Gasteiger partial charge in [0.15, 0.2) is 0 Å². The number of nitrogens with zero attached hydrogens (tertiary/aromatic N) is 2. The molecule has 0 N–H and O–H groups in total. The second-order valence-electron chi connectivity index (χ2n) is 11.1. The SMILES string of the molecule is CC(C)(C)C1CN(C(=O)CCCCCCC(=O)C2CCC(CN3C(=O)C=CC3=O)CC2)C1. The number of hydrogen-bond donors (Lipinski definition) is 0. The first-order chi connectivity index (χ1) is 15.1. The van der Waals surface area contributed by atoms with Crippen LogP contribution in [0.25, 0.3) is 0 Å². The molecule has 2 fully saturated rings. The van der Waals surface area contributed by atoms with Crippen LogP contribution in [0.3, 0.4) is 0 Å². The average Bonchev–Trinajstić information content (AvgIpc) is 3.00. The van der Waals surface area contributed by atoms with Gasteiger partial charge in [-0.1, -0.05) is 33.6 Å². The molecule has 0 spiro atoms. The summed E-state index contributed by atoms with van der Waals surface area (Å²) in [7, 11) is 0. The summed E-state index contributed by atoms with van der Waals surface area (Å²) < 4.78 is 0. The van der Waals surface area contributed by atoms with E-state index in [-0.39, 0.29) is 29.1 Å². The number of rotatable bonds is 10. The lowest BCUT2D eigenvalue weighted by Crippen LogP contribution is -2.54. The summed E-state index contributed by atoms with van der Waals surface area (Å²) in [6, 6.07) is 0. The van der Waals surface area contributed by atoms with E-state index < -0.39 is 0 Å². The minimum atomic E-state index is -0.214. The van der Waals surface area contributed by atoms with Crippen LogP contribution in [0.4, 0.5) is 0 Å². The van der Waals surface area contributed by atoms with Crippen molar-refractivity contribution in [2.75, 3.05) is 19.6 Å². The zero-order valence-electron chi connectivity index (χ0n) is 20.1. The Morgan fingerprint density at radius 1 is 0.875 bits per heavy atom. The zero-order valence-corrected chi connectivity index (χ0v) is 20.1. The van der Waals surface area contributed by atoms with Crippen molar-refractivity contribution in [2.45, 2.75) is 85.0 Å². The van der Waals surface area contributed by atoms with E-state index >= 15 is 0 Å². The molecule has 0 radical (unpaired) electrons. The van der Waals surface area contributed by atoms with Crippen molar-refractivity contribution in [3.05, 3.63) is 12.2 Å². The zero-order chi connectivity index (χ0) is 23.3. The number of unbranched alkanes of at least 4 members (excludes halogenated alkanes) is 3. The van der Waals surface area contributed by atoms with Gasteiger partial charge in [0.25, 0.3) is 11.8 Å². The molecule has 32 heavy (non-hydrogen) atoms. The third-order valence-corrected chi connectivity index (χ3v) is 7.67. The van der Waals surface area contributed by atoms with Gasteiger partial charge in [-0.2, -0.15) is 0 Å². The van der Waals surface area contributed by atoms with Gasteiger partial charge in [0.05, 0.1) is 0 Å². The average molecular weight is 445 g/mol. The second-order valence-corrected chi connectivity index (χ2v) is 11.1. The molecular formula is C26H40N2O4. The van der Waals surface area contributed by atoms with Crippen LogP contribution in [0.2, 0.25) is 0 Å². The highest BCUT2D eigenvalue weighted by atomic mass is 16.2. The number of imide groups is 1. The summed E-state index contributed by atoms with van der Waals surface area (Å²) in [4.78, 5) is 51.5. The Morgan fingerprint density at radius 2 is 1.44 bits per heavy atom. The minimum absolute atomic E-state index is 0.137. The van der Waals surface area contributed by atoms with Crippen LogP contribution in [-0.2, 0) is 19.2 Å². The Bertz CT molecular complexity index is 719. The normalized spacial score (nSPS) is 24.2. The first kappa shape index (κ1) is 24.7. The molecular weight excluding hydrogens is 404 g/mol. The highest BCUT2D eigenvalue weighted by molar-refractivity contribution is 6.12. The molecule has 1 saturated heterocycles. The fourth-order valence-corrected chi connectivity index (χ4v) is 5.06. The fraction of sp³-hybridized carbons (Fsp3) is 0.769. The van der Waals surface area contributed by atoms with Gasteiger partial charge < -0.3 is 4.90 Å². The lowest BCUT2D eigenvalue weighted by atomic mass is 9.76. The fourth-order valence-electron chi connectivity index (χ4n) is 5.06. The van der Waals surface area contributed by atoms with Gasteiger partial charge in [-0.15, -0.1) is 0 Å². The third-order valence-electron chi connectivity index (χ3n) is 7.67. The number of likely N-dealkylation sites (tertiary alicyclic amines) is 1. The van der Waals surface area contributed by atoms with Crippen molar-refractivity contribution in [2.24, 2.45) is 23.2 Å². The Kier molecular flexibility index (Phi) is 8.29. The summed E-state index contributed by atoms with van der Waals surface area (Å²) in [6.07, 6.45) is 11.3. The van der Waals surface area contributed by atoms with Crippen molar-refractivity contribution < 1.29 is 19.2 Å². The van der Waals surface area contributed by atoms with Gasteiger partial charge >= 0.3 is 0 Å². The van der Waals surface area contributed by atoms with Crippen molar-refractivity contribution in [1.82, 2.24) is 9.80 Å². The highest BCUT2D eigenvalue weighted by Crippen LogP contribution is 2.34. The van der Waals surface area contributed by atoms with E-state index in [2.05, 4.69) is 20.8 Å². The van der Waals surface area contributed by atoms with E-state index in [1.807, 2.05) is 4.90 Å². The second kappa shape index (κ2) is 10.8. The van der Waals surface area contributed by atoms with Crippen LogP contribution in [0, 0.1) is 23.2 Å². The summed E-state index contributed by atoms with van der Waals surface area (Å²) in [5.74, 6) is 1.29. The Morgan fingerprint density at radius 3 is 2.00 bits per heavy atom. The van der Waals surface area contributed by atoms with Crippen LogP contribution in [0.15, 0.2) is 12.2 Å². The largest absolute Gasteiger partial charge is 0.342 e. The molecule has 2 heterocycles. The van der Waals surface area contributed by atoms with Gasteiger partial charge in [0.2, 0.25) is 5.91 Å². The minimum Gasteiger partial charge on any atom is -0.342 e. The van der Waals surface area contributed by atoms with Gasteiger partial charge in [0.1, 0.15) is 5.78 Å². The molecule has 0 aromatic carbocycles. The molecule has 3 amide bonds. The van der Waals surface area contributed by atoms with E-state index in [0.29, 0.717) is 37.0 Å². The number of hydrogen-bond acceptors (Lipinski definition) is 4. The van der Waals surface area contributed by atoms with Crippen molar-refractivity contribution in [3.63, 3.8) is 0 Å². The van der Waals surface area contributed by atoms with E-state index in [4.69, 9.17) is 0 Å². The molecule has 0 aromatic rings. The summed E-state index contributed by atoms with van der Waals surface area (Å²) in [5, 5.41) is 0. The molecule has 2 aliphatic heterocycles. The maximum Gasteiger partial charge on any atom is 0.253 e. The Hall–Kier alpha value is -1.98. The van der Waals surface area contributed by atoms with Gasteiger partial charge in [-0.05, 0) is 55.8 Å². The highest BCUT2D eigenvalue weighted by Gasteiger charge is 2.37. The van der Waals surface area contributed by atoms with Crippen LogP contribution < -0.4 is 0 Å². The summed E-state index contributed by atoms with van der Waals surface area (Å²) >= 11 is 0. The first-order valence-electron chi connectivity index (χ1n) is 12.5. The summed E-state index contributed by atoms with van der Waals surface area (Å²) in [6.45, 7) is 9.01. The molecule has 0 bridgehead atoms. The number of carbonyl (C=O) groups is 4. The lowest BCUT2D eigenvalue weighted by molar-refractivity contribution is -0.140. The molecule has 178 valence electrons. The quantitative estimate of drug-likeness (QED) is 0.375. The van der Waals surface area contributed by atoms with Crippen molar-refractivity contribution in [1.29, 1.82) is 0 Å². The maximum atomic E-state index is 12.6. The van der Waals surface area contributed by atoms with Crippen LogP contribution in [0.1, 0.15) is 85.0 Å². The smallest absolute Gasteiger partial charge is 0.253 e. The first-order valence-corrected chi connectivity index (χ1v) is 12.5. The van der Waals surface area contributed by atoms with E-state index in [0.717, 1.165) is 64.5 Å². The number of carbonyl (C=O) groups excluding carboxylic acids is 4. The van der Waals surface area contributed by atoms with E-state index in [1.54, 1.807) is 0 Å². The predicted octanol–water partition coefficient (Wildman–Crippen LogP) is 4.13. The molecule has 1 saturated carbocycles. The molecule has 3 aliphatic rings. The Balaban J connectivity index is 1.21. The van der Waals surface area contributed by atoms with Crippen LogP contribution >= 0.6 is 0 Å². The summed E-state index contributed by atoms with van der Waals surface area (Å²) in [5.41, 5.74) is 0.284. The molecule has 6 heteroatoms. The predicted molar refractivity (Wildman–Crippen MR) is 124 cm³/mol. The molecule has 1 aliphatic carbocycles. The van der Waals surface area contributed by atoms with Crippen LogP contribution in [0.5, 0.6) is 0 Å². The van der Waals surface area contributed by atoms with Crippen molar-refractivity contribution >= 4 is 23.5 Å². The molecule has 0 atom stereocenters. The van der Waals surface area contributed by atoms with Crippen molar-refractivity contribution in [3.8, 4) is 0 Å². The number of Topliss-reactive ketones (excluding diaryl/α,β-unsaturated/α-hetero) is 1. The van der Waals surface area contributed by atoms with E-state index in [9.17, 15) is 19.2 Å². The number of amides is 3. The van der Waals surface area contributed by atoms with E-state index in [1.165, 1.54) is 17.1 Å². The maximum absolute atomic E-state index is 12.6. The van der Waals surface area contributed by atoms with Crippen LogP contribution in [-0.4, -0.2) is 52.9 Å². The standard InChI is InChI=1S/C26H40N2O4/c1-26(2,3)21-17-27(18-21)23(30)9-7-5-4-6-8-22(29)20-12-10-19(11-13-20)16-28-24(31)14-15-25(28)32/h14-15,19-21H,4-13,16-18H2,1-3H3.